The topological polar surface area (TPSA) is 63.6 Å². The molecule has 0 spiro atoms. The molecule has 47 valence electrons. The van der Waals surface area contributed by atoms with Crippen molar-refractivity contribution in [3.63, 3.8) is 0 Å². The first-order valence-corrected chi connectivity index (χ1v) is 3.08. The molecule has 0 aliphatic carbocycles. The summed E-state index contributed by atoms with van der Waals surface area (Å²) < 4.78 is 12.6. The van der Waals surface area contributed by atoms with E-state index < -0.39 is 5.97 Å². The molecule has 0 fully saturated rings. The third-order valence-electron chi connectivity index (χ3n) is 0.268. The molecule has 0 amide bonds. The second-order valence-electron chi connectivity index (χ2n) is 0.827. The quantitative estimate of drug-likeness (QED) is 0.679. The van der Waals surface area contributed by atoms with Crippen LogP contribution in [0.1, 0.15) is 0 Å². The van der Waals surface area contributed by atoms with Crippen molar-refractivity contribution in [2.24, 2.45) is 0 Å². The molecule has 4 nitrogen and oxygen atoms in total. The number of carbonyl (C=O) groups is 1. The van der Waals surface area contributed by atoms with Gasteiger partial charge < -0.3 is 9.84 Å². The maximum absolute atomic E-state index is 9.47. The van der Waals surface area contributed by atoms with Crippen molar-refractivity contribution in [1.82, 2.24) is 0 Å². The van der Waals surface area contributed by atoms with Gasteiger partial charge in [0.05, 0.1) is 0 Å². The van der Waals surface area contributed by atoms with Crippen LogP contribution in [-0.4, -0.2) is 49.5 Å². The van der Waals surface area contributed by atoms with E-state index in [2.05, 4.69) is 4.74 Å². The van der Waals surface area contributed by atoms with Crippen LogP contribution in [0.5, 0.6) is 0 Å². The summed E-state index contributed by atoms with van der Waals surface area (Å²) in [7, 11) is 1.34. The number of hydrogen-bond acceptors (Lipinski definition) is 3. The monoisotopic (exact) mass is 315 g/mol. The Balaban J connectivity index is 0. The molecule has 0 aromatic heterocycles. The van der Waals surface area contributed by atoms with Crippen LogP contribution in [0.15, 0.2) is 0 Å². The van der Waals surface area contributed by atoms with Crippen molar-refractivity contribution >= 4 is 30.7 Å². The van der Waals surface area contributed by atoms with Gasteiger partial charge in [0.15, 0.2) is 0 Å². The van der Waals surface area contributed by atoms with Gasteiger partial charge >= 0.3 is 33.5 Å². The summed E-state index contributed by atoms with van der Waals surface area (Å²) in [5, 5.41) is 7.79. The molecular formula is C3H6BiO4. The number of methoxy groups -OCH3 is 1. The molecule has 1 N–H and O–H groups in total. The van der Waals surface area contributed by atoms with Gasteiger partial charge in [-0.25, -0.2) is 4.79 Å². The van der Waals surface area contributed by atoms with E-state index in [0.717, 1.165) is 0 Å². The normalized spacial score (nSPS) is 6.62. The fraction of sp³-hybridized carbons (Fsp3) is 0.667. The number of carboxylic acids is 1. The van der Waals surface area contributed by atoms with Crippen LogP contribution in [-0.2, 0) is 12.3 Å². The molecule has 0 unspecified atom stereocenters. The maximum atomic E-state index is 9.47. The summed E-state index contributed by atoms with van der Waals surface area (Å²) >= 11 is 0.194. The van der Waals surface area contributed by atoms with Crippen molar-refractivity contribution in [3.8, 4) is 0 Å². The van der Waals surface area contributed by atoms with E-state index in [9.17, 15) is 4.79 Å². The van der Waals surface area contributed by atoms with Gasteiger partial charge in [0, 0.05) is 7.11 Å². The van der Waals surface area contributed by atoms with E-state index in [1.807, 2.05) is 0 Å². The zero-order valence-electron chi connectivity index (χ0n) is 4.33. The Morgan fingerprint density at radius 3 is 2.12 bits per heavy atom. The van der Waals surface area contributed by atoms with Crippen molar-refractivity contribution in [2.75, 3.05) is 13.7 Å². The summed E-state index contributed by atoms with van der Waals surface area (Å²) in [5.74, 6) is -0.933. The predicted octanol–water partition coefficient (Wildman–Crippen LogP) is -0.782. The Hall–Kier alpha value is 0.113. The molecule has 0 aliphatic rings. The Bertz CT molecular complexity index is 64.3. The summed E-state index contributed by atoms with van der Waals surface area (Å²) in [4.78, 5) is 9.47. The number of ether oxygens (including phenoxy) is 1. The summed E-state index contributed by atoms with van der Waals surface area (Å²) in [6.07, 6.45) is 0. The Labute approximate surface area is 62.1 Å². The molecule has 0 aromatic rings. The third-order valence-corrected chi connectivity index (χ3v) is 0.268. The van der Waals surface area contributed by atoms with Gasteiger partial charge in [-0.3, -0.25) is 0 Å². The van der Waals surface area contributed by atoms with Gasteiger partial charge in [0.25, 0.3) is 0 Å². The van der Waals surface area contributed by atoms with Gasteiger partial charge in [0.1, 0.15) is 6.61 Å². The minimum absolute atomic E-state index is 0.194. The van der Waals surface area contributed by atoms with E-state index in [-0.39, 0.29) is 31.3 Å². The molecule has 0 aliphatic heterocycles. The third kappa shape index (κ3) is 16.5. The second kappa shape index (κ2) is 10.2. The minimum atomic E-state index is -0.933. The molecule has 0 rings (SSSR count). The standard InChI is InChI=1S/C3H6O3.Bi.O/c1-6-2-3(4)5;;/h2H2,1H3,(H,4,5);;. The van der Waals surface area contributed by atoms with Crippen molar-refractivity contribution in [1.29, 1.82) is 0 Å². The summed E-state index contributed by atoms with van der Waals surface area (Å²) in [6.45, 7) is -0.208. The van der Waals surface area contributed by atoms with Crippen LogP contribution in [0.25, 0.3) is 0 Å². The van der Waals surface area contributed by atoms with E-state index in [4.69, 9.17) is 7.92 Å². The fourth-order valence-corrected chi connectivity index (χ4v) is 0.123. The van der Waals surface area contributed by atoms with Crippen LogP contribution >= 0.6 is 0 Å². The molecule has 1 radical (unpaired) electrons. The van der Waals surface area contributed by atoms with E-state index in [0.29, 0.717) is 0 Å². The Kier molecular flexibility index (Phi) is 14.0. The first-order valence-electron chi connectivity index (χ1n) is 1.66. The predicted molar refractivity (Wildman–Crippen MR) is 26.0 cm³/mol. The van der Waals surface area contributed by atoms with Crippen LogP contribution in [0.4, 0.5) is 0 Å². The van der Waals surface area contributed by atoms with Gasteiger partial charge in [-0.15, -0.1) is 0 Å². The Morgan fingerprint density at radius 2 is 2.12 bits per heavy atom. The molecule has 0 saturated carbocycles. The number of aliphatic carboxylic acids is 1. The summed E-state index contributed by atoms with van der Waals surface area (Å²) in [6, 6.07) is 0. The van der Waals surface area contributed by atoms with Gasteiger partial charge in [-0.1, -0.05) is 0 Å². The molecular weight excluding hydrogens is 309 g/mol. The SMILES string of the molecule is COCC(=O)O.[O]=[Bi]. The number of hydrogen-bond donors (Lipinski definition) is 1. The average molecular weight is 315 g/mol. The molecule has 0 atom stereocenters. The second-order valence-corrected chi connectivity index (χ2v) is 0.827. The number of rotatable bonds is 2. The summed E-state index contributed by atoms with van der Waals surface area (Å²) in [5.41, 5.74) is 0. The first-order chi connectivity index (χ1) is 3.77. The van der Waals surface area contributed by atoms with Crippen molar-refractivity contribution < 1.29 is 17.5 Å². The van der Waals surface area contributed by atoms with Gasteiger partial charge in [-0.2, -0.15) is 0 Å². The molecule has 8 heavy (non-hydrogen) atoms. The van der Waals surface area contributed by atoms with Crippen LogP contribution in [0.3, 0.4) is 0 Å². The van der Waals surface area contributed by atoms with Crippen LogP contribution in [0, 0.1) is 0 Å². The van der Waals surface area contributed by atoms with Gasteiger partial charge in [-0.05, 0) is 0 Å². The zero-order valence-corrected chi connectivity index (χ0v) is 7.80. The number of carboxylic acid groups (broad SMARTS) is 1. The van der Waals surface area contributed by atoms with Gasteiger partial charge in [0.2, 0.25) is 0 Å². The van der Waals surface area contributed by atoms with E-state index in [1.165, 1.54) is 7.11 Å². The fourth-order valence-electron chi connectivity index (χ4n) is 0.123. The molecule has 0 bridgehead atoms. The first kappa shape index (κ1) is 11.0. The average Bonchev–Trinajstić information content (AvgIpc) is 1.72. The molecule has 5 heteroatoms. The van der Waals surface area contributed by atoms with Crippen molar-refractivity contribution in [3.05, 3.63) is 0 Å². The van der Waals surface area contributed by atoms with E-state index in [1.54, 1.807) is 0 Å². The van der Waals surface area contributed by atoms with Crippen LogP contribution in [0.2, 0.25) is 0 Å². The van der Waals surface area contributed by atoms with Crippen LogP contribution < -0.4 is 0 Å². The molecule has 0 aromatic carbocycles. The molecule has 0 saturated heterocycles. The van der Waals surface area contributed by atoms with E-state index >= 15 is 0 Å². The Morgan fingerprint density at radius 1 is 1.75 bits per heavy atom. The molecule has 0 heterocycles. The zero-order chi connectivity index (χ0) is 6.99. The van der Waals surface area contributed by atoms with Crippen molar-refractivity contribution in [2.45, 2.75) is 0 Å².